The standard InChI is InChI=1S/C22H28FN3O6S/c1-13(2)20-18(9-8-16(27)10-17(28)11-19(29)30)21(14-4-6-15(23)7-5-14)26-22(25-20)24-12-33(3,31)32/h4-9,13,16-17,27-28H,10-12H2,1-3H3,(H,29,30)(H,24,25,26)/b9-8+/t16-,17+/m0/s1. The van der Waals surface area contributed by atoms with E-state index in [1.165, 1.54) is 30.3 Å². The average Bonchev–Trinajstić information content (AvgIpc) is 2.69. The third kappa shape index (κ3) is 8.52. The molecule has 0 saturated carbocycles. The smallest absolute Gasteiger partial charge is 0.305 e. The van der Waals surface area contributed by atoms with E-state index >= 15 is 0 Å². The lowest BCUT2D eigenvalue weighted by atomic mass is 9.97. The largest absolute Gasteiger partial charge is 0.481 e. The van der Waals surface area contributed by atoms with Crippen LogP contribution < -0.4 is 5.32 Å². The number of carboxylic acid groups (broad SMARTS) is 1. The summed E-state index contributed by atoms with van der Waals surface area (Å²) in [5, 5.41) is 31.4. The number of hydrogen-bond donors (Lipinski definition) is 4. The van der Waals surface area contributed by atoms with Crippen LogP contribution in [0.3, 0.4) is 0 Å². The van der Waals surface area contributed by atoms with Gasteiger partial charge in [-0.3, -0.25) is 4.79 Å². The summed E-state index contributed by atoms with van der Waals surface area (Å²) in [6, 6.07) is 5.57. The quantitative estimate of drug-likeness (QED) is 0.379. The maximum absolute atomic E-state index is 13.5. The average molecular weight is 482 g/mol. The number of hydrogen-bond acceptors (Lipinski definition) is 8. The minimum Gasteiger partial charge on any atom is -0.481 e. The molecule has 2 aromatic rings. The molecule has 33 heavy (non-hydrogen) atoms. The van der Waals surface area contributed by atoms with E-state index in [2.05, 4.69) is 15.3 Å². The number of nitrogens with one attached hydrogen (secondary N) is 1. The highest BCUT2D eigenvalue weighted by Crippen LogP contribution is 2.30. The lowest BCUT2D eigenvalue weighted by Crippen LogP contribution is -2.19. The van der Waals surface area contributed by atoms with Crippen LogP contribution in [0.2, 0.25) is 0 Å². The van der Waals surface area contributed by atoms with E-state index in [4.69, 9.17) is 5.11 Å². The fraction of sp³-hybridized carbons (Fsp3) is 0.409. The molecule has 1 aromatic heterocycles. The Kier molecular flexibility index (Phi) is 9.03. The van der Waals surface area contributed by atoms with Gasteiger partial charge in [0.15, 0.2) is 9.84 Å². The first-order valence-corrected chi connectivity index (χ1v) is 12.3. The SMILES string of the molecule is CC(C)c1nc(NCS(C)(=O)=O)nc(-c2ccc(F)cc2)c1/C=C/[C@H](O)C[C@@H](O)CC(=O)O. The number of aromatic nitrogens is 2. The molecule has 11 heteroatoms. The molecule has 0 spiro atoms. The van der Waals surface area contributed by atoms with Crippen LogP contribution >= 0.6 is 0 Å². The van der Waals surface area contributed by atoms with Crippen molar-refractivity contribution < 1.29 is 32.9 Å². The zero-order valence-electron chi connectivity index (χ0n) is 18.6. The summed E-state index contributed by atoms with van der Waals surface area (Å²) in [4.78, 5) is 19.6. The molecule has 2 rings (SSSR count). The number of anilines is 1. The Hall–Kier alpha value is -2.89. The Bertz CT molecular complexity index is 1100. The van der Waals surface area contributed by atoms with E-state index in [1.54, 1.807) is 6.08 Å². The summed E-state index contributed by atoms with van der Waals surface area (Å²) in [6.45, 7) is 3.75. The molecule has 9 nitrogen and oxygen atoms in total. The summed E-state index contributed by atoms with van der Waals surface area (Å²) in [5.74, 6) is -2.03. The normalized spacial score (nSPS) is 13.9. The van der Waals surface area contributed by atoms with Gasteiger partial charge < -0.3 is 20.6 Å². The Morgan fingerprint density at radius 3 is 2.36 bits per heavy atom. The third-order valence-corrected chi connectivity index (χ3v) is 5.21. The molecule has 0 bridgehead atoms. The molecule has 1 aromatic carbocycles. The van der Waals surface area contributed by atoms with E-state index in [0.717, 1.165) is 6.26 Å². The zero-order chi connectivity index (χ0) is 24.8. The van der Waals surface area contributed by atoms with Crippen LogP contribution in [0, 0.1) is 5.82 Å². The van der Waals surface area contributed by atoms with Gasteiger partial charge in [-0.2, -0.15) is 0 Å². The highest BCUT2D eigenvalue weighted by molar-refractivity contribution is 7.90. The second-order valence-electron chi connectivity index (χ2n) is 8.02. The topological polar surface area (TPSA) is 150 Å². The monoisotopic (exact) mass is 481 g/mol. The molecule has 0 unspecified atom stereocenters. The molecular weight excluding hydrogens is 453 g/mol. The van der Waals surface area contributed by atoms with E-state index < -0.39 is 40.3 Å². The molecule has 0 radical (unpaired) electrons. The second-order valence-corrected chi connectivity index (χ2v) is 10.2. The second kappa shape index (κ2) is 11.3. The van der Waals surface area contributed by atoms with Crippen LogP contribution in [0.4, 0.5) is 10.3 Å². The lowest BCUT2D eigenvalue weighted by Gasteiger charge is -2.17. The summed E-state index contributed by atoms with van der Waals surface area (Å²) >= 11 is 0. The third-order valence-electron chi connectivity index (χ3n) is 4.54. The molecule has 180 valence electrons. The van der Waals surface area contributed by atoms with Gasteiger partial charge in [0.25, 0.3) is 0 Å². The highest BCUT2D eigenvalue weighted by atomic mass is 32.2. The van der Waals surface area contributed by atoms with Crippen LogP contribution in [0.25, 0.3) is 17.3 Å². The van der Waals surface area contributed by atoms with Crippen molar-refractivity contribution in [2.24, 2.45) is 0 Å². The summed E-state index contributed by atoms with van der Waals surface area (Å²) in [7, 11) is -3.34. The fourth-order valence-electron chi connectivity index (χ4n) is 3.04. The first kappa shape index (κ1) is 26.4. The molecule has 4 N–H and O–H groups in total. The van der Waals surface area contributed by atoms with E-state index in [0.29, 0.717) is 22.5 Å². The van der Waals surface area contributed by atoms with Crippen molar-refractivity contribution in [2.75, 3.05) is 17.4 Å². The van der Waals surface area contributed by atoms with Crippen molar-refractivity contribution in [2.45, 2.75) is 44.8 Å². The number of nitrogens with zero attached hydrogens (tertiary/aromatic N) is 2. The van der Waals surface area contributed by atoms with Crippen molar-refractivity contribution >= 4 is 27.8 Å². The maximum Gasteiger partial charge on any atom is 0.305 e. The van der Waals surface area contributed by atoms with Crippen LogP contribution in [0.5, 0.6) is 0 Å². The number of sulfone groups is 1. The van der Waals surface area contributed by atoms with Crippen molar-refractivity contribution in [3.63, 3.8) is 0 Å². The van der Waals surface area contributed by atoms with Crippen molar-refractivity contribution in [3.05, 3.63) is 47.4 Å². The predicted octanol–water partition coefficient (Wildman–Crippen LogP) is 2.42. The van der Waals surface area contributed by atoms with Gasteiger partial charge in [0.1, 0.15) is 11.7 Å². The Balaban J connectivity index is 2.51. The number of benzene rings is 1. The van der Waals surface area contributed by atoms with Crippen LogP contribution in [-0.2, 0) is 14.6 Å². The number of aliphatic hydroxyl groups is 2. The van der Waals surface area contributed by atoms with Crippen LogP contribution in [-0.4, -0.2) is 64.0 Å². The van der Waals surface area contributed by atoms with Gasteiger partial charge in [-0.05, 0) is 30.2 Å². The maximum atomic E-state index is 13.5. The highest BCUT2D eigenvalue weighted by Gasteiger charge is 2.19. The molecule has 0 aliphatic carbocycles. The molecule has 0 aliphatic rings. The molecule has 0 aliphatic heterocycles. The van der Waals surface area contributed by atoms with Gasteiger partial charge in [0.2, 0.25) is 5.95 Å². The molecular formula is C22H28FN3O6S. The Morgan fingerprint density at radius 2 is 1.82 bits per heavy atom. The Labute approximate surface area is 192 Å². The number of aliphatic hydroxyl groups excluding tert-OH is 2. The van der Waals surface area contributed by atoms with Gasteiger partial charge in [-0.15, -0.1) is 0 Å². The van der Waals surface area contributed by atoms with Gasteiger partial charge >= 0.3 is 5.97 Å². The summed E-state index contributed by atoms with van der Waals surface area (Å²) < 4.78 is 36.6. The van der Waals surface area contributed by atoms with Crippen molar-refractivity contribution in [3.8, 4) is 11.3 Å². The first-order chi connectivity index (χ1) is 15.4. The van der Waals surface area contributed by atoms with Gasteiger partial charge in [-0.25, -0.2) is 22.8 Å². The summed E-state index contributed by atoms with van der Waals surface area (Å²) in [6.07, 6.45) is 0.999. The number of aliphatic carboxylic acids is 1. The Morgan fingerprint density at radius 1 is 1.18 bits per heavy atom. The van der Waals surface area contributed by atoms with Gasteiger partial charge in [-0.1, -0.05) is 26.0 Å². The lowest BCUT2D eigenvalue weighted by molar-refractivity contribution is -0.139. The minimum atomic E-state index is -3.34. The van der Waals surface area contributed by atoms with E-state index in [9.17, 15) is 27.8 Å². The van der Waals surface area contributed by atoms with Gasteiger partial charge in [0.05, 0.1) is 30.0 Å². The molecule has 1 heterocycles. The van der Waals surface area contributed by atoms with Crippen molar-refractivity contribution in [1.82, 2.24) is 9.97 Å². The van der Waals surface area contributed by atoms with Crippen molar-refractivity contribution in [1.29, 1.82) is 0 Å². The van der Waals surface area contributed by atoms with Crippen LogP contribution in [0.15, 0.2) is 30.3 Å². The number of carboxylic acids is 1. The predicted molar refractivity (Wildman–Crippen MR) is 123 cm³/mol. The molecule has 2 atom stereocenters. The number of halogens is 1. The van der Waals surface area contributed by atoms with E-state index in [1.807, 2.05) is 13.8 Å². The summed E-state index contributed by atoms with van der Waals surface area (Å²) in [5.41, 5.74) is 2.01. The van der Waals surface area contributed by atoms with Gasteiger partial charge in [0, 0.05) is 23.8 Å². The molecule has 0 amide bonds. The zero-order valence-corrected chi connectivity index (χ0v) is 19.4. The number of rotatable bonds is 11. The van der Waals surface area contributed by atoms with Crippen LogP contribution in [0.1, 0.15) is 43.9 Å². The number of carbonyl (C=O) groups is 1. The fourth-order valence-corrected chi connectivity index (χ4v) is 3.43. The van der Waals surface area contributed by atoms with E-state index in [-0.39, 0.29) is 24.2 Å². The minimum absolute atomic E-state index is 0.0815. The molecule has 0 saturated heterocycles. The molecule has 0 fully saturated rings. The first-order valence-electron chi connectivity index (χ1n) is 10.2.